The number of fused-ring (bicyclic) bond motifs is 1. The number of hydrogen-bond donors (Lipinski definition) is 0. The molecule has 7 nitrogen and oxygen atoms in total. The molecule has 0 atom stereocenters. The quantitative estimate of drug-likeness (QED) is 0.353. The van der Waals surface area contributed by atoms with E-state index in [-0.39, 0.29) is 12.4 Å². The predicted octanol–water partition coefficient (Wildman–Crippen LogP) is 3.24. The van der Waals surface area contributed by atoms with Crippen molar-refractivity contribution in [2.45, 2.75) is 19.8 Å². The predicted molar refractivity (Wildman–Crippen MR) is 119 cm³/mol. The highest BCUT2D eigenvalue weighted by atomic mass is 32.2. The summed E-state index contributed by atoms with van der Waals surface area (Å²) in [5.41, 5.74) is 2.58. The zero-order valence-corrected chi connectivity index (χ0v) is 18.4. The Kier molecular flexibility index (Phi) is 7.12. The molecule has 1 aliphatic rings. The molecule has 0 N–H and O–H groups in total. The summed E-state index contributed by atoms with van der Waals surface area (Å²) in [7, 11) is -3.36. The molecule has 164 valence electrons. The van der Waals surface area contributed by atoms with E-state index >= 15 is 0 Å². The highest BCUT2D eigenvalue weighted by Crippen LogP contribution is 2.30. The molecule has 3 rings (SSSR count). The Hall–Kier alpha value is -3.13. The Morgan fingerprint density at radius 2 is 1.87 bits per heavy atom. The van der Waals surface area contributed by atoms with Crippen molar-refractivity contribution in [2.75, 3.05) is 30.3 Å². The van der Waals surface area contributed by atoms with Gasteiger partial charge in [0.25, 0.3) is 0 Å². The van der Waals surface area contributed by atoms with Gasteiger partial charge in [-0.1, -0.05) is 12.1 Å². The Morgan fingerprint density at radius 1 is 1.13 bits per heavy atom. The Morgan fingerprint density at radius 3 is 2.55 bits per heavy atom. The van der Waals surface area contributed by atoms with Crippen molar-refractivity contribution < 1.29 is 27.5 Å². The molecule has 0 saturated carbocycles. The van der Waals surface area contributed by atoms with Gasteiger partial charge in [-0.3, -0.25) is 9.10 Å². The van der Waals surface area contributed by atoms with Crippen LogP contribution < -0.4 is 9.04 Å². The van der Waals surface area contributed by atoms with Gasteiger partial charge in [0.1, 0.15) is 5.75 Å². The fourth-order valence-corrected chi connectivity index (χ4v) is 4.35. The van der Waals surface area contributed by atoms with Crippen LogP contribution in [0, 0.1) is 0 Å². The van der Waals surface area contributed by atoms with E-state index in [0.717, 1.165) is 16.9 Å². The summed E-state index contributed by atoms with van der Waals surface area (Å²) in [6.45, 7) is 2.52. The zero-order valence-electron chi connectivity index (χ0n) is 17.5. The van der Waals surface area contributed by atoms with Crippen LogP contribution in [0.5, 0.6) is 5.75 Å². The third kappa shape index (κ3) is 5.95. The lowest BCUT2D eigenvalue weighted by Crippen LogP contribution is -2.34. The molecule has 1 aliphatic heterocycles. The number of benzene rings is 2. The second-order valence-electron chi connectivity index (χ2n) is 7.15. The van der Waals surface area contributed by atoms with Gasteiger partial charge < -0.3 is 9.47 Å². The summed E-state index contributed by atoms with van der Waals surface area (Å²) in [6, 6.07) is 12.1. The molecule has 0 amide bonds. The highest BCUT2D eigenvalue weighted by Gasteiger charge is 2.24. The molecule has 0 saturated heterocycles. The summed E-state index contributed by atoms with van der Waals surface area (Å²) >= 11 is 0. The van der Waals surface area contributed by atoms with Crippen molar-refractivity contribution in [1.82, 2.24) is 0 Å². The first-order valence-corrected chi connectivity index (χ1v) is 11.8. The van der Waals surface area contributed by atoms with Crippen LogP contribution in [0.2, 0.25) is 0 Å². The first kappa shape index (κ1) is 22.6. The Bertz CT molecular complexity index is 1090. The molecule has 2 aromatic carbocycles. The number of rotatable bonds is 8. The molecule has 0 aromatic heterocycles. The minimum absolute atomic E-state index is 0.345. The topological polar surface area (TPSA) is 90.0 Å². The van der Waals surface area contributed by atoms with Gasteiger partial charge in [0.05, 0.1) is 18.6 Å². The number of ether oxygens (including phenoxy) is 2. The number of sulfonamides is 1. The molecule has 0 aliphatic carbocycles. The van der Waals surface area contributed by atoms with Crippen LogP contribution in [0.1, 0.15) is 34.8 Å². The Balaban J connectivity index is 1.58. The molecule has 31 heavy (non-hydrogen) atoms. The van der Waals surface area contributed by atoms with E-state index in [9.17, 15) is 18.0 Å². The molecular weight excluding hydrogens is 418 g/mol. The molecule has 2 aromatic rings. The summed E-state index contributed by atoms with van der Waals surface area (Å²) in [5.74, 6) is -0.219. The number of Topliss-reactive ketones (excluding diaryl/α,β-unsaturated/α-hetero) is 1. The van der Waals surface area contributed by atoms with E-state index in [1.54, 1.807) is 36.4 Å². The molecule has 1 heterocycles. The SMILES string of the molecule is CCOc1ccc(/C=C/C(=O)OCC(=O)c2ccc3c(c2)CCCN3S(C)(=O)=O)cc1. The monoisotopic (exact) mass is 443 g/mol. The van der Waals surface area contributed by atoms with Gasteiger partial charge in [0.15, 0.2) is 12.4 Å². The summed E-state index contributed by atoms with van der Waals surface area (Å²) in [4.78, 5) is 24.4. The van der Waals surface area contributed by atoms with Crippen molar-refractivity contribution in [3.05, 3.63) is 65.2 Å². The third-order valence-electron chi connectivity index (χ3n) is 4.83. The fourth-order valence-electron chi connectivity index (χ4n) is 3.35. The van der Waals surface area contributed by atoms with Crippen LogP contribution in [0.15, 0.2) is 48.5 Å². The van der Waals surface area contributed by atoms with E-state index in [0.29, 0.717) is 37.2 Å². The summed E-state index contributed by atoms with van der Waals surface area (Å²) in [6.07, 6.45) is 5.40. The summed E-state index contributed by atoms with van der Waals surface area (Å²) < 4.78 is 35.7. The van der Waals surface area contributed by atoms with E-state index in [2.05, 4.69) is 0 Å². The van der Waals surface area contributed by atoms with Gasteiger partial charge in [-0.2, -0.15) is 0 Å². The van der Waals surface area contributed by atoms with Crippen molar-refractivity contribution in [3.8, 4) is 5.75 Å². The smallest absolute Gasteiger partial charge is 0.331 e. The second kappa shape index (κ2) is 9.78. The number of nitrogens with zero attached hydrogens (tertiary/aromatic N) is 1. The van der Waals surface area contributed by atoms with E-state index in [4.69, 9.17) is 9.47 Å². The highest BCUT2D eigenvalue weighted by molar-refractivity contribution is 7.92. The largest absolute Gasteiger partial charge is 0.494 e. The van der Waals surface area contributed by atoms with E-state index < -0.39 is 16.0 Å². The van der Waals surface area contributed by atoms with Crippen LogP contribution in [-0.2, 0) is 26.0 Å². The van der Waals surface area contributed by atoms with Gasteiger partial charge in [-0.05, 0) is 67.3 Å². The third-order valence-corrected chi connectivity index (χ3v) is 6.01. The Labute approximate surface area is 182 Å². The van der Waals surface area contributed by atoms with Crippen LogP contribution in [0.3, 0.4) is 0 Å². The molecule has 0 fully saturated rings. The van der Waals surface area contributed by atoms with Crippen LogP contribution >= 0.6 is 0 Å². The van der Waals surface area contributed by atoms with Gasteiger partial charge in [0.2, 0.25) is 10.0 Å². The molecule has 0 radical (unpaired) electrons. The maximum absolute atomic E-state index is 12.4. The first-order chi connectivity index (χ1) is 14.8. The minimum Gasteiger partial charge on any atom is -0.494 e. The number of hydrogen-bond acceptors (Lipinski definition) is 6. The van der Waals surface area contributed by atoms with Crippen molar-refractivity contribution in [1.29, 1.82) is 0 Å². The van der Waals surface area contributed by atoms with E-state index in [1.165, 1.54) is 16.6 Å². The normalized spacial score (nSPS) is 13.7. The number of carbonyl (C=O) groups is 2. The van der Waals surface area contributed by atoms with Gasteiger partial charge in [0, 0.05) is 18.2 Å². The molecular formula is C23H25NO6S. The number of anilines is 1. The van der Waals surface area contributed by atoms with Gasteiger partial charge in [-0.25, -0.2) is 13.2 Å². The van der Waals surface area contributed by atoms with E-state index in [1.807, 2.05) is 19.1 Å². The van der Waals surface area contributed by atoms with Gasteiger partial charge in [-0.15, -0.1) is 0 Å². The zero-order chi connectivity index (χ0) is 22.4. The van der Waals surface area contributed by atoms with Gasteiger partial charge >= 0.3 is 5.97 Å². The van der Waals surface area contributed by atoms with Crippen molar-refractivity contribution >= 4 is 33.5 Å². The number of ketones is 1. The van der Waals surface area contributed by atoms with Crippen molar-refractivity contribution in [2.24, 2.45) is 0 Å². The lowest BCUT2D eigenvalue weighted by molar-refractivity contribution is -0.136. The lowest BCUT2D eigenvalue weighted by atomic mass is 9.99. The lowest BCUT2D eigenvalue weighted by Gasteiger charge is -2.29. The standard InChI is InChI=1S/C23H25NO6S/c1-3-29-20-10-6-17(7-11-20)8-13-23(26)30-16-22(25)19-9-12-21-18(15-19)5-4-14-24(21)31(2,27)28/h6-13,15H,3-5,14,16H2,1-2H3/b13-8+. The number of aryl methyl sites for hydroxylation is 1. The average molecular weight is 444 g/mol. The average Bonchev–Trinajstić information content (AvgIpc) is 2.75. The second-order valence-corrected chi connectivity index (χ2v) is 9.06. The minimum atomic E-state index is -3.36. The van der Waals surface area contributed by atoms with Crippen LogP contribution in [0.4, 0.5) is 5.69 Å². The molecule has 0 unspecified atom stereocenters. The summed E-state index contributed by atoms with van der Waals surface area (Å²) in [5, 5.41) is 0. The molecule has 0 spiro atoms. The first-order valence-electron chi connectivity index (χ1n) is 9.99. The number of esters is 1. The van der Waals surface area contributed by atoms with Crippen LogP contribution in [-0.4, -0.2) is 46.2 Å². The maximum atomic E-state index is 12.4. The number of carbonyl (C=O) groups excluding carboxylic acids is 2. The molecule has 8 heteroatoms. The fraction of sp³-hybridized carbons (Fsp3) is 0.304. The maximum Gasteiger partial charge on any atom is 0.331 e. The molecule has 0 bridgehead atoms. The van der Waals surface area contributed by atoms with Crippen molar-refractivity contribution in [3.63, 3.8) is 0 Å². The van der Waals surface area contributed by atoms with Crippen LogP contribution in [0.25, 0.3) is 6.08 Å².